The van der Waals surface area contributed by atoms with E-state index >= 15 is 0 Å². The van der Waals surface area contributed by atoms with Crippen molar-refractivity contribution in [1.29, 1.82) is 0 Å². The van der Waals surface area contributed by atoms with Gasteiger partial charge in [0.15, 0.2) is 0 Å². The number of allylic oxidation sites excluding steroid dienone is 2. The average molecular weight is 845 g/mol. The summed E-state index contributed by atoms with van der Waals surface area (Å²) in [6.07, 6.45) is 13.2. The number of aliphatic hydroxyl groups is 2. The lowest BCUT2D eigenvalue weighted by Crippen LogP contribution is -2.50. The topological polar surface area (TPSA) is 209 Å². The van der Waals surface area contributed by atoms with Crippen LogP contribution < -0.4 is 21.8 Å². The highest BCUT2D eigenvalue weighted by molar-refractivity contribution is 5.99. The van der Waals surface area contributed by atoms with Crippen LogP contribution in [0.2, 0.25) is 0 Å². The molecule has 0 bridgehead atoms. The number of pyridine rings is 4. The number of carbonyl (C=O) groups is 4. The van der Waals surface area contributed by atoms with Crippen LogP contribution in [0.5, 0.6) is 0 Å². The lowest BCUT2D eigenvalue weighted by Gasteiger charge is -2.31. The van der Waals surface area contributed by atoms with Crippen molar-refractivity contribution in [1.82, 2.24) is 39.5 Å². The normalized spacial score (nSPS) is 24.3. The number of nitrogens with zero attached hydrogens (tertiary/aromatic N) is 6. The molecule has 0 aromatic carbocycles. The second-order valence-electron chi connectivity index (χ2n) is 15.8. The first-order chi connectivity index (χ1) is 30.1. The fraction of sp³-hybridized carbons (Fsp3) is 0.391. The van der Waals surface area contributed by atoms with Crippen LogP contribution in [0.1, 0.15) is 83.0 Å². The molecule has 16 heteroatoms. The van der Waals surface area contributed by atoms with Gasteiger partial charge in [-0.2, -0.15) is 0 Å². The number of hydrogen-bond donors (Lipinski definition) is 4. The summed E-state index contributed by atoms with van der Waals surface area (Å²) >= 11 is 0. The van der Waals surface area contributed by atoms with Gasteiger partial charge in [-0.3, -0.25) is 38.7 Å². The van der Waals surface area contributed by atoms with Gasteiger partial charge in [0.25, 0.3) is 22.9 Å². The quantitative estimate of drug-likeness (QED) is 0.183. The van der Waals surface area contributed by atoms with E-state index in [9.17, 15) is 39.0 Å². The van der Waals surface area contributed by atoms with Gasteiger partial charge in [0, 0.05) is 110 Å². The Labute approximate surface area is 358 Å². The molecule has 8 heterocycles. The molecule has 4 aliphatic rings. The van der Waals surface area contributed by atoms with E-state index in [0.717, 1.165) is 0 Å². The first-order valence-electron chi connectivity index (χ1n) is 21.0. The summed E-state index contributed by atoms with van der Waals surface area (Å²) in [6, 6.07) is 11.2. The minimum absolute atomic E-state index is 0.134. The fourth-order valence-corrected chi connectivity index (χ4v) is 9.90. The molecule has 4 amide bonds. The zero-order valence-electron chi connectivity index (χ0n) is 35.1. The Hall–Kier alpha value is -6.52. The van der Waals surface area contributed by atoms with Crippen LogP contribution in [0.4, 0.5) is 0 Å². The highest BCUT2D eigenvalue weighted by Crippen LogP contribution is 2.51. The minimum atomic E-state index is -0.827. The molecule has 4 aromatic rings. The standard InChI is InChI=1S/2C23H26N4O4/c2*1-3-6-14-8-9-18-19-16(12-26(18)22(14)30)17(13-28)20(21(29)25-4-2)27(19)23(31)15-7-5-10-24-11-15/h2*3,5-11,16-17,19-20,28H,4,12-13H2,1-2H3,(H,25,29)/b6-3+;6-3-/t2*16-,17-,19+,20-/m11/s1. The molecule has 0 radical (unpaired) electrons. The van der Waals surface area contributed by atoms with E-state index in [1.54, 1.807) is 92.0 Å². The van der Waals surface area contributed by atoms with Gasteiger partial charge in [0.1, 0.15) is 12.1 Å². The van der Waals surface area contributed by atoms with E-state index in [1.165, 1.54) is 12.4 Å². The zero-order valence-corrected chi connectivity index (χ0v) is 35.1. The molecule has 8 atom stereocenters. The molecule has 0 spiro atoms. The number of likely N-dealkylation sites (tertiary alicyclic amines) is 2. The molecule has 324 valence electrons. The SMILES string of the molecule is C/C=C/c1ccc2n(c1=O)C[C@@H]1[C@@H](CO)[C@H](C(=O)NCC)N(C(=O)c3cccnc3)[C@H]21.C/C=C\c1ccc2n(c1=O)C[C@@H]1[C@@H](CO)[C@H](C(=O)NCC)N(C(=O)c3cccnc3)[C@H]21. The highest BCUT2D eigenvalue weighted by atomic mass is 16.3. The van der Waals surface area contributed by atoms with E-state index in [2.05, 4.69) is 20.6 Å². The van der Waals surface area contributed by atoms with Crippen molar-refractivity contribution >= 4 is 35.8 Å². The predicted molar refractivity (Wildman–Crippen MR) is 230 cm³/mol. The number of fused-ring (bicyclic) bond motifs is 6. The second-order valence-corrected chi connectivity index (χ2v) is 15.8. The summed E-state index contributed by atoms with van der Waals surface area (Å²) in [4.78, 5) is 90.3. The third-order valence-electron chi connectivity index (χ3n) is 12.4. The number of rotatable bonds is 10. The van der Waals surface area contributed by atoms with Gasteiger partial charge in [0.05, 0.1) is 23.2 Å². The van der Waals surface area contributed by atoms with Gasteiger partial charge in [-0.25, -0.2) is 0 Å². The van der Waals surface area contributed by atoms with Crippen molar-refractivity contribution in [3.63, 3.8) is 0 Å². The Kier molecular flexibility index (Phi) is 13.1. The van der Waals surface area contributed by atoms with E-state index in [4.69, 9.17) is 0 Å². The lowest BCUT2D eigenvalue weighted by molar-refractivity contribution is -0.127. The summed E-state index contributed by atoms with van der Waals surface area (Å²) < 4.78 is 3.34. The minimum Gasteiger partial charge on any atom is -0.396 e. The van der Waals surface area contributed by atoms with E-state index in [-0.39, 0.29) is 59.8 Å². The van der Waals surface area contributed by atoms with Crippen LogP contribution in [0.25, 0.3) is 12.2 Å². The molecular weight excluding hydrogens is 793 g/mol. The van der Waals surface area contributed by atoms with Crippen molar-refractivity contribution in [2.24, 2.45) is 23.7 Å². The van der Waals surface area contributed by atoms with Crippen molar-refractivity contribution < 1.29 is 29.4 Å². The maximum Gasteiger partial charge on any atom is 0.258 e. The number of aliphatic hydroxyl groups excluding tert-OH is 2. The monoisotopic (exact) mass is 844 g/mol. The zero-order chi connectivity index (χ0) is 44.2. The molecule has 16 nitrogen and oxygen atoms in total. The maximum atomic E-state index is 13.6. The maximum absolute atomic E-state index is 13.6. The molecule has 2 fully saturated rings. The first kappa shape index (κ1) is 43.6. The Morgan fingerprint density at radius 2 is 1.06 bits per heavy atom. The number of carbonyl (C=O) groups excluding carboxylic acids is 4. The Bertz CT molecular complexity index is 2330. The van der Waals surface area contributed by atoms with E-state index in [1.807, 2.05) is 39.8 Å². The summed E-state index contributed by atoms with van der Waals surface area (Å²) in [5, 5.41) is 26.1. The number of amides is 4. The van der Waals surface area contributed by atoms with E-state index < -0.39 is 36.0 Å². The van der Waals surface area contributed by atoms with Crippen LogP contribution in [-0.4, -0.2) is 101 Å². The number of hydrogen-bond acceptors (Lipinski definition) is 10. The molecule has 62 heavy (non-hydrogen) atoms. The molecule has 0 aliphatic carbocycles. The van der Waals surface area contributed by atoms with Gasteiger partial charge in [-0.05, 0) is 76.2 Å². The van der Waals surface area contributed by atoms with Gasteiger partial charge < -0.3 is 39.8 Å². The summed E-state index contributed by atoms with van der Waals surface area (Å²) in [5.41, 5.74) is 2.96. The second kappa shape index (κ2) is 18.6. The molecule has 4 N–H and O–H groups in total. The number of nitrogens with one attached hydrogen (secondary N) is 2. The van der Waals surface area contributed by atoms with Crippen molar-refractivity contribution in [3.8, 4) is 0 Å². The summed E-state index contributed by atoms with van der Waals surface area (Å²) in [7, 11) is 0. The Balaban J connectivity index is 0.000000186. The Morgan fingerprint density at radius 1 is 0.661 bits per heavy atom. The van der Waals surface area contributed by atoms with Gasteiger partial charge in [0.2, 0.25) is 11.8 Å². The van der Waals surface area contributed by atoms with Crippen LogP contribution in [-0.2, 0) is 22.7 Å². The number of likely N-dealkylation sites (N-methyl/N-ethyl adjacent to an activating group) is 2. The third-order valence-corrected chi connectivity index (χ3v) is 12.4. The summed E-state index contributed by atoms with van der Waals surface area (Å²) in [6.45, 7) is 8.33. The van der Waals surface area contributed by atoms with Crippen molar-refractivity contribution in [2.45, 2.75) is 65.0 Å². The molecule has 0 saturated carbocycles. The lowest BCUT2D eigenvalue weighted by atomic mass is 9.88. The van der Waals surface area contributed by atoms with Crippen LogP contribution in [0.15, 0.2) is 95.1 Å². The average Bonchev–Trinajstić information content (AvgIpc) is 4.03. The molecule has 2 saturated heterocycles. The first-order valence-corrected chi connectivity index (χ1v) is 21.0. The fourth-order valence-electron chi connectivity index (χ4n) is 9.90. The third kappa shape index (κ3) is 7.57. The van der Waals surface area contributed by atoms with Gasteiger partial charge in [-0.1, -0.05) is 24.3 Å². The predicted octanol–water partition coefficient (Wildman–Crippen LogP) is 2.43. The number of aromatic nitrogens is 4. The molecule has 4 aromatic heterocycles. The van der Waals surface area contributed by atoms with Crippen LogP contribution >= 0.6 is 0 Å². The molecule has 0 unspecified atom stereocenters. The highest BCUT2D eigenvalue weighted by Gasteiger charge is 2.59. The van der Waals surface area contributed by atoms with Gasteiger partial charge in [-0.15, -0.1) is 0 Å². The van der Waals surface area contributed by atoms with Crippen molar-refractivity contribution in [3.05, 3.63) is 140 Å². The van der Waals surface area contributed by atoms with Crippen LogP contribution in [0.3, 0.4) is 0 Å². The van der Waals surface area contributed by atoms with E-state index in [0.29, 0.717) is 59.8 Å². The largest absolute Gasteiger partial charge is 0.396 e. The molecular formula is C46H52N8O8. The van der Waals surface area contributed by atoms with Crippen LogP contribution in [0, 0.1) is 23.7 Å². The summed E-state index contributed by atoms with van der Waals surface area (Å²) in [5.74, 6) is -2.73. The molecule has 8 rings (SSSR count). The smallest absolute Gasteiger partial charge is 0.258 e. The Morgan fingerprint density at radius 3 is 1.39 bits per heavy atom. The molecule has 4 aliphatic heterocycles. The van der Waals surface area contributed by atoms with Gasteiger partial charge >= 0.3 is 0 Å². The van der Waals surface area contributed by atoms with Crippen molar-refractivity contribution in [2.75, 3.05) is 26.3 Å².